The van der Waals surface area contributed by atoms with Crippen LogP contribution in [0.4, 0.5) is 0 Å². The number of aromatic hydroxyl groups is 15. The molecule has 5 heterocycles. The fourth-order valence-corrected chi connectivity index (χ4v) is 12.6. The van der Waals surface area contributed by atoms with E-state index >= 15 is 0 Å². The Morgan fingerprint density at radius 2 is 0.810 bits per heavy atom. The first-order valence-electron chi connectivity index (χ1n) is 25.8. The fourth-order valence-electron chi connectivity index (χ4n) is 12.6. The maximum atomic E-state index is 13.9. The number of hydrogen-bond donors (Lipinski definition) is 19. The van der Waals surface area contributed by atoms with Crippen LogP contribution < -0.4 is 23.7 Å². The summed E-state index contributed by atoms with van der Waals surface area (Å²) in [5.41, 5.74) is -3.38. The molecule has 8 aromatic rings. The van der Waals surface area contributed by atoms with Gasteiger partial charge in [-0.15, -0.1) is 0 Å². The number of hydrogen-bond acceptors (Lipinski definition) is 24. The maximum absolute atomic E-state index is 13.9. The lowest BCUT2D eigenvalue weighted by atomic mass is 9.68. The van der Waals surface area contributed by atoms with Gasteiger partial charge in [-0.1, -0.05) is 18.2 Å². The molecule has 5 aliphatic heterocycles. The second kappa shape index (κ2) is 18.6. The zero-order valence-corrected chi connectivity index (χ0v) is 42.8. The van der Waals surface area contributed by atoms with Crippen LogP contribution in [0.3, 0.4) is 0 Å². The molecule has 24 nitrogen and oxygen atoms in total. The second-order valence-electron chi connectivity index (χ2n) is 21.2. The molecule has 5 aliphatic rings. The van der Waals surface area contributed by atoms with Crippen LogP contribution in [0.2, 0.25) is 0 Å². The van der Waals surface area contributed by atoms with Crippen molar-refractivity contribution in [3.8, 4) is 115 Å². The van der Waals surface area contributed by atoms with Gasteiger partial charge in [0.2, 0.25) is 0 Å². The molecule has 0 saturated carbocycles. The summed E-state index contributed by atoms with van der Waals surface area (Å²) in [5, 5.41) is 220. The van der Waals surface area contributed by atoms with Crippen molar-refractivity contribution >= 4 is 0 Å². The smallest absolute Gasteiger partial charge is 0.305 e. The average Bonchev–Trinajstić information content (AvgIpc) is 1.02. The summed E-state index contributed by atoms with van der Waals surface area (Å²) >= 11 is 0. The first kappa shape index (κ1) is 52.9. The van der Waals surface area contributed by atoms with Crippen LogP contribution in [0.25, 0.3) is 0 Å². The van der Waals surface area contributed by atoms with Crippen molar-refractivity contribution in [2.75, 3.05) is 0 Å². The van der Waals surface area contributed by atoms with Crippen molar-refractivity contribution in [1.82, 2.24) is 0 Å². The highest BCUT2D eigenvalue weighted by Gasteiger charge is 2.63. The zero-order chi connectivity index (χ0) is 59.4. The van der Waals surface area contributed by atoms with Gasteiger partial charge in [-0.05, 0) is 71.3 Å². The van der Waals surface area contributed by atoms with E-state index in [0.717, 1.165) is 78.9 Å². The molecule has 432 valence electrons. The zero-order valence-electron chi connectivity index (χ0n) is 42.8. The Bertz CT molecular complexity index is 4110. The van der Waals surface area contributed by atoms with Gasteiger partial charge in [-0.25, -0.2) is 0 Å². The van der Waals surface area contributed by atoms with Crippen molar-refractivity contribution in [1.29, 1.82) is 0 Å². The fraction of sp³-hybridized carbons (Fsp3) is 0.200. The van der Waals surface area contributed by atoms with Gasteiger partial charge in [0, 0.05) is 81.3 Å². The molecule has 0 unspecified atom stereocenters. The number of rotatable bonds is 6. The summed E-state index contributed by atoms with van der Waals surface area (Å²) in [6.07, 6.45) is -13.5. The minimum Gasteiger partial charge on any atom is -0.508 e. The quantitative estimate of drug-likeness (QED) is 0.0889. The van der Waals surface area contributed by atoms with E-state index in [1.165, 1.54) is 24.3 Å². The molecular weight excluding hydrogens is 1100 g/mol. The van der Waals surface area contributed by atoms with Gasteiger partial charge in [0.1, 0.15) is 93.4 Å². The SMILES string of the molecule is Oc1cc(O)c2c(c1)O[C@H](c1ccc(O)c(O)c1)[C@@H](O)[C@@H]2c1c(O)c2c(c3c1O[C@]1(c4ccc(O)c(O)c4)Oc4cc(O)cc(O)c4[C@H]3[C@H]1O)O[C@H](c1ccc(O)c(O)c1)[C@H](O)[C@@H]2c1c(O)cc(O)c2c1O[C@H](c1ccc(O)c(O)c1)[C@@H](O)C2. The summed E-state index contributed by atoms with van der Waals surface area (Å²) < 4.78 is 33.2. The van der Waals surface area contributed by atoms with Crippen molar-refractivity contribution in [2.24, 2.45) is 0 Å². The summed E-state index contributed by atoms with van der Waals surface area (Å²) in [7, 11) is 0. The average molecular weight is 1150 g/mol. The first-order valence-corrected chi connectivity index (χ1v) is 25.8. The molecule has 0 aliphatic carbocycles. The van der Waals surface area contributed by atoms with Crippen LogP contribution in [-0.4, -0.2) is 121 Å². The van der Waals surface area contributed by atoms with Crippen LogP contribution in [0.5, 0.6) is 115 Å². The molecule has 0 saturated heterocycles. The van der Waals surface area contributed by atoms with Gasteiger partial charge in [0.25, 0.3) is 0 Å². The van der Waals surface area contributed by atoms with Crippen LogP contribution in [0.15, 0.2) is 103 Å². The topological polar surface area (TPSA) is 431 Å². The van der Waals surface area contributed by atoms with E-state index in [4.69, 9.17) is 23.7 Å². The lowest BCUT2D eigenvalue weighted by Crippen LogP contribution is -2.58. The lowest BCUT2D eigenvalue weighted by Gasteiger charge is -2.52. The third-order valence-electron chi connectivity index (χ3n) is 16.3. The van der Waals surface area contributed by atoms with E-state index in [9.17, 15) is 97.0 Å². The van der Waals surface area contributed by atoms with Crippen molar-refractivity contribution in [3.63, 3.8) is 0 Å². The normalized spacial score (nSPS) is 25.1. The van der Waals surface area contributed by atoms with E-state index in [2.05, 4.69) is 0 Å². The minimum absolute atomic E-state index is 0.0527. The van der Waals surface area contributed by atoms with Gasteiger partial charge in [-0.3, -0.25) is 0 Å². The molecular formula is C60H48O24. The van der Waals surface area contributed by atoms with Crippen LogP contribution in [-0.2, 0) is 12.2 Å². The van der Waals surface area contributed by atoms with E-state index in [0.29, 0.717) is 0 Å². The number of benzene rings is 8. The highest BCUT2D eigenvalue weighted by Crippen LogP contribution is 2.69. The molecule has 19 N–H and O–H groups in total. The minimum atomic E-state index is -2.72. The Morgan fingerprint density at radius 1 is 0.345 bits per heavy atom. The summed E-state index contributed by atoms with van der Waals surface area (Å²) in [5.74, 6) is -21.5. The Morgan fingerprint density at radius 3 is 1.37 bits per heavy atom. The largest absolute Gasteiger partial charge is 0.508 e. The predicted molar refractivity (Wildman–Crippen MR) is 283 cm³/mol. The maximum Gasteiger partial charge on any atom is 0.305 e. The van der Waals surface area contributed by atoms with Crippen LogP contribution >= 0.6 is 0 Å². The molecule has 24 heteroatoms. The van der Waals surface area contributed by atoms with Gasteiger partial charge in [-0.2, -0.15) is 0 Å². The monoisotopic (exact) mass is 1150 g/mol. The third-order valence-corrected chi connectivity index (χ3v) is 16.3. The molecule has 0 spiro atoms. The number of phenolic OH excluding ortho intramolecular Hbond substituents is 15. The summed E-state index contributed by atoms with van der Waals surface area (Å²) in [6, 6.07) is 18.0. The van der Waals surface area contributed by atoms with E-state index < -0.39 is 210 Å². The van der Waals surface area contributed by atoms with Crippen LogP contribution in [0.1, 0.15) is 97.3 Å². The molecule has 2 bridgehead atoms. The Balaban J connectivity index is 1.18. The number of aliphatic hydroxyl groups excluding tert-OH is 4. The van der Waals surface area contributed by atoms with Gasteiger partial charge < -0.3 is 121 Å². The van der Waals surface area contributed by atoms with Gasteiger partial charge >= 0.3 is 5.79 Å². The molecule has 0 aromatic heterocycles. The number of aliphatic hydroxyl groups is 4. The molecule has 0 fully saturated rings. The predicted octanol–water partition coefficient (Wildman–Crippen LogP) is 5.69. The van der Waals surface area contributed by atoms with Gasteiger partial charge in [0.15, 0.2) is 58.2 Å². The van der Waals surface area contributed by atoms with E-state index in [-0.39, 0.29) is 39.1 Å². The van der Waals surface area contributed by atoms with E-state index in [1.54, 1.807) is 0 Å². The Kier molecular flexibility index (Phi) is 11.7. The molecule has 0 amide bonds. The summed E-state index contributed by atoms with van der Waals surface area (Å²) in [6.45, 7) is 0. The molecule has 13 rings (SSSR count). The first-order chi connectivity index (χ1) is 40.0. The standard InChI is InChI=1S/C60H48O24/c61-23-13-35(72)41-39(15-23)80-54(20-2-6-27(64)32(69)10-20)51(77)44(41)48-50(76)47-45(43-37(74)18-30(67)25-17-38(75)53(81-56(25)43)19-1-5-26(63)31(68)9-19)52(78)55(21-3-7-28(65)33(70)11-21)82-57(47)49-46-42-36(73)14-24(62)16-40(42)83-60(59(46)79,84-58(48)49)22-4-8-29(66)34(71)12-22/h1-16,18,38,44-46,51-55,59,61-79H,17H2/t38-,44-,45+,46+,51-,52+,53+,54+,55+,59+,60-/m0/s1. The van der Waals surface area contributed by atoms with Gasteiger partial charge in [0.05, 0.1) is 23.9 Å². The lowest BCUT2D eigenvalue weighted by molar-refractivity contribution is -0.219. The van der Waals surface area contributed by atoms with Crippen molar-refractivity contribution in [3.05, 3.63) is 164 Å². The van der Waals surface area contributed by atoms with Crippen LogP contribution in [0, 0.1) is 0 Å². The van der Waals surface area contributed by atoms with Crippen molar-refractivity contribution in [2.45, 2.75) is 72.7 Å². The summed E-state index contributed by atoms with van der Waals surface area (Å²) in [4.78, 5) is 0. The Hall–Kier alpha value is -10.4. The third kappa shape index (κ3) is 7.68. The molecule has 84 heavy (non-hydrogen) atoms. The highest BCUT2D eigenvalue weighted by atomic mass is 16.7. The number of phenols is 15. The number of ether oxygens (including phenoxy) is 5. The molecule has 11 atom stereocenters. The van der Waals surface area contributed by atoms with E-state index in [1.807, 2.05) is 0 Å². The molecule has 8 aromatic carbocycles. The van der Waals surface area contributed by atoms with Crippen molar-refractivity contribution < 1.29 is 121 Å². The highest BCUT2D eigenvalue weighted by molar-refractivity contribution is 5.77. The second-order valence-corrected chi connectivity index (χ2v) is 21.2. The Labute approximate surface area is 471 Å². The molecule has 0 radical (unpaired) electrons. The number of fused-ring (bicyclic) bond motifs is 10.